The van der Waals surface area contributed by atoms with Crippen LogP contribution in [0, 0.1) is 13.8 Å². The summed E-state index contributed by atoms with van der Waals surface area (Å²) < 4.78 is 0. The second-order valence-corrected chi connectivity index (χ2v) is 9.82. The van der Waals surface area contributed by atoms with Crippen LogP contribution in [0.25, 0.3) is 0 Å². The van der Waals surface area contributed by atoms with Gasteiger partial charge in [0.2, 0.25) is 0 Å². The Morgan fingerprint density at radius 3 is 2.43 bits per heavy atom. The molecule has 2 heterocycles. The molecule has 4 rings (SSSR count). The molecule has 0 aliphatic carbocycles. The van der Waals surface area contributed by atoms with Gasteiger partial charge in [0.05, 0.1) is 4.87 Å². The lowest BCUT2D eigenvalue weighted by molar-refractivity contribution is 0.0585. The fourth-order valence-electron chi connectivity index (χ4n) is 4.20. The van der Waals surface area contributed by atoms with Gasteiger partial charge in [0.1, 0.15) is 0 Å². The molecule has 1 N–H and O–H groups in total. The SMILES string of the molecule is Cc1cccc(NC(=O)N2CCC3(CC2)SCCN3C(=O)c2ccc(Cl)cc2)c1C. The molecule has 7 heteroatoms. The molecular formula is C23H26ClN3O2S. The average molecular weight is 444 g/mol. The predicted octanol–water partition coefficient (Wildman–Crippen LogP) is 5.17. The van der Waals surface area contributed by atoms with Gasteiger partial charge in [0.15, 0.2) is 0 Å². The van der Waals surface area contributed by atoms with Gasteiger partial charge >= 0.3 is 6.03 Å². The fraction of sp³-hybridized carbons (Fsp3) is 0.391. The number of aryl methyl sites for hydroxylation is 1. The van der Waals surface area contributed by atoms with E-state index in [1.54, 1.807) is 24.3 Å². The smallest absolute Gasteiger partial charge is 0.321 e. The zero-order valence-corrected chi connectivity index (χ0v) is 18.9. The average Bonchev–Trinajstić information content (AvgIpc) is 3.14. The van der Waals surface area contributed by atoms with E-state index in [0.29, 0.717) is 23.7 Å². The van der Waals surface area contributed by atoms with Gasteiger partial charge in [-0.3, -0.25) is 4.79 Å². The summed E-state index contributed by atoms with van der Waals surface area (Å²) in [6.07, 6.45) is 1.55. The molecule has 30 heavy (non-hydrogen) atoms. The largest absolute Gasteiger partial charge is 0.324 e. The second kappa shape index (κ2) is 8.52. The number of anilines is 1. The van der Waals surface area contributed by atoms with Crippen molar-refractivity contribution in [2.75, 3.05) is 30.7 Å². The van der Waals surface area contributed by atoms with Crippen LogP contribution >= 0.6 is 23.4 Å². The Balaban J connectivity index is 1.42. The number of halogens is 1. The lowest BCUT2D eigenvalue weighted by Crippen LogP contribution is -2.54. The first kappa shape index (κ1) is 21.1. The zero-order valence-electron chi connectivity index (χ0n) is 17.3. The minimum atomic E-state index is -0.229. The number of urea groups is 1. The fourth-order valence-corrected chi connectivity index (χ4v) is 5.78. The highest BCUT2D eigenvalue weighted by molar-refractivity contribution is 8.00. The number of piperidine rings is 1. The van der Waals surface area contributed by atoms with Crippen LogP contribution < -0.4 is 5.32 Å². The minimum Gasteiger partial charge on any atom is -0.324 e. The van der Waals surface area contributed by atoms with E-state index in [1.165, 1.54) is 0 Å². The van der Waals surface area contributed by atoms with Crippen LogP contribution in [-0.2, 0) is 0 Å². The second-order valence-electron chi connectivity index (χ2n) is 7.92. The molecule has 1 spiro atoms. The molecular weight excluding hydrogens is 418 g/mol. The summed E-state index contributed by atoms with van der Waals surface area (Å²) in [5, 5.41) is 3.68. The van der Waals surface area contributed by atoms with Crippen molar-refractivity contribution in [3.05, 3.63) is 64.2 Å². The summed E-state index contributed by atoms with van der Waals surface area (Å²) in [6, 6.07) is 12.9. The van der Waals surface area contributed by atoms with E-state index in [1.807, 2.05) is 53.6 Å². The van der Waals surface area contributed by atoms with Gasteiger partial charge in [0.25, 0.3) is 5.91 Å². The molecule has 2 aliphatic rings. The van der Waals surface area contributed by atoms with Crippen LogP contribution in [0.3, 0.4) is 0 Å². The number of amides is 3. The van der Waals surface area contributed by atoms with Gasteiger partial charge in [-0.25, -0.2) is 4.79 Å². The highest BCUT2D eigenvalue weighted by Crippen LogP contribution is 2.44. The van der Waals surface area contributed by atoms with Crippen molar-refractivity contribution in [2.24, 2.45) is 0 Å². The summed E-state index contributed by atoms with van der Waals surface area (Å²) in [5.41, 5.74) is 3.76. The van der Waals surface area contributed by atoms with Gasteiger partial charge in [-0.2, -0.15) is 0 Å². The Bertz CT molecular complexity index is 955. The topological polar surface area (TPSA) is 52.7 Å². The van der Waals surface area contributed by atoms with Crippen LogP contribution in [0.2, 0.25) is 5.02 Å². The maximum Gasteiger partial charge on any atom is 0.321 e. The Morgan fingerprint density at radius 1 is 1.03 bits per heavy atom. The summed E-state index contributed by atoms with van der Waals surface area (Å²) in [5.74, 6) is 0.971. The minimum absolute atomic E-state index is 0.0463. The number of nitrogens with one attached hydrogen (secondary N) is 1. The third-order valence-corrected chi connectivity index (χ3v) is 8.00. The highest BCUT2D eigenvalue weighted by Gasteiger charge is 2.47. The Kier molecular flexibility index (Phi) is 5.98. The molecule has 2 aliphatic heterocycles. The molecule has 2 aromatic rings. The molecule has 0 bridgehead atoms. The van der Waals surface area contributed by atoms with Crippen LogP contribution in [0.5, 0.6) is 0 Å². The molecule has 5 nitrogen and oxygen atoms in total. The molecule has 0 saturated carbocycles. The highest BCUT2D eigenvalue weighted by atomic mass is 35.5. The number of nitrogens with zero attached hydrogens (tertiary/aromatic N) is 2. The number of hydrogen-bond acceptors (Lipinski definition) is 3. The van der Waals surface area contributed by atoms with Gasteiger partial charge in [-0.15, -0.1) is 11.8 Å². The number of carbonyl (C=O) groups excluding carboxylic acids is 2. The normalized spacial score (nSPS) is 18.0. The van der Waals surface area contributed by atoms with Crippen LogP contribution in [0.15, 0.2) is 42.5 Å². The Morgan fingerprint density at radius 2 is 1.73 bits per heavy atom. The molecule has 0 radical (unpaired) electrons. The molecule has 2 fully saturated rings. The standard InChI is InChI=1S/C23H26ClN3O2S/c1-16-4-3-5-20(17(16)2)25-22(29)26-12-10-23(11-13-26)27(14-15-30-23)21(28)18-6-8-19(24)9-7-18/h3-9H,10-15H2,1-2H3,(H,25,29). The Hall–Kier alpha value is -2.18. The molecule has 158 valence electrons. The van der Waals surface area contributed by atoms with E-state index in [4.69, 9.17) is 11.6 Å². The third-order valence-electron chi connectivity index (χ3n) is 6.19. The van der Waals surface area contributed by atoms with Gasteiger partial charge in [-0.1, -0.05) is 23.7 Å². The number of likely N-dealkylation sites (tertiary alicyclic amines) is 1. The molecule has 0 aromatic heterocycles. The maximum absolute atomic E-state index is 13.1. The van der Waals surface area contributed by atoms with Gasteiger partial charge in [0, 0.05) is 41.7 Å². The zero-order chi connectivity index (χ0) is 21.3. The van der Waals surface area contributed by atoms with E-state index in [0.717, 1.165) is 42.0 Å². The number of benzene rings is 2. The lowest BCUT2D eigenvalue weighted by atomic mass is 10.0. The van der Waals surface area contributed by atoms with Crippen molar-refractivity contribution >= 4 is 41.0 Å². The van der Waals surface area contributed by atoms with Crippen molar-refractivity contribution in [2.45, 2.75) is 31.6 Å². The number of rotatable bonds is 2. The van der Waals surface area contributed by atoms with Crippen molar-refractivity contribution in [1.82, 2.24) is 9.80 Å². The summed E-state index contributed by atoms with van der Waals surface area (Å²) in [7, 11) is 0. The van der Waals surface area contributed by atoms with Crippen LogP contribution in [0.4, 0.5) is 10.5 Å². The monoisotopic (exact) mass is 443 g/mol. The van der Waals surface area contributed by atoms with Gasteiger partial charge < -0.3 is 15.1 Å². The predicted molar refractivity (Wildman–Crippen MR) is 123 cm³/mol. The Labute approximate surface area is 186 Å². The maximum atomic E-state index is 13.1. The summed E-state index contributed by atoms with van der Waals surface area (Å²) in [4.78, 5) is 29.6. The van der Waals surface area contributed by atoms with Crippen molar-refractivity contribution in [1.29, 1.82) is 0 Å². The number of thioether (sulfide) groups is 1. The van der Waals surface area contributed by atoms with E-state index < -0.39 is 0 Å². The first-order valence-electron chi connectivity index (χ1n) is 10.2. The first-order valence-corrected chi connectivity index (χ1v) is 11.6. The van der Waals surface area contributed by atoms with E-state index in [-0.39, 0.29) is 16.8 Å². The molecule has 0 unspecified atom stereocenters. The third kappa shape index (κ3) is 4.03. The summed E-state index contributed by atoms with van der Waals surface area (Å²) >= 11 is 7.81. The quantitative estimate of drug-likeness (QED) is 0.696. The molecule has 2 saturated heterocycles. The van der Waals surface area contributed by atoms with E-state index >= 15 is 0 Å². The molecule has 3 amide bonds. The first-order chi connectivity index (χ1) is 14.4. The molecule has 2 aromatic carbocycles. The van der Waals surface area contributed by atoms with Crippen molar-refractivity contribution in [3.8, 4) is 0 Å². The van der Waals surface area contributed by atoms with E-state index in [2.05, 4.69) is 5.32 Å². The van der Waals surface area contributed by atoms with Crippen molar-refractivity contribution < 1.29 is 9.59 Å². The van der Waals surface area contributed by atoms with E-state index in [9.17, 15) is 9.59 Å². The van der Waals surface area contributed by atoms with Crippen LogP contribution in [0.1, 0.15) is 34.3 Å². The summed E-state index contributed by atoms with van der Waals surface area (Å²) in [6.45, 7) is 6.06. The number of carbonyl (C=O) groups is 2. The molecule has 0 atom stereocenters. The van der Waals surface area contributed by atoms with Crippen molar-refractivity contribution in [3.63, 3.8) is 0 Å². The van der Waals surface area contributed by atoms with Crippen LogP contribution in [-0.4, -0.2) is 52.0 Å². The number of hydrogen-bond donors (Lipinski definition) is 1. The lowest BCUT2D eigenvalue weighted by Gasteiger charge is -2.44. The van der Waals surface area contributed by atoms with Gasteiger partial charge in [-0.05, 0) is 68.1 Å².